The minimum atomic E-state index is -2.99. The van der Waals surface area contributed by atoms with Crippen molar-refractivity contribution in [2.24, 2.45) is 0 Å². The van der Waals surface area contributed by atoms with Crippen molar-refractivity contribution in [3.63, 3.8) is 0 Å². The van der Waals surface area contributed by atoms with E-state index in [9.17, 15) is 22.0 Å². The number of halogens is 7. The molecule has 402 valence electrons. The van der Waals surface area contributed by atoms with E-state index in [1.54, 1.807) is 74.2 Å². The minimum absolute atomic E-state index is 0.0306. The lowest BCUT2D eigenvalue weighted by Gasteiger charge is -2.29. The van der Waals surface area contributed by atoms with Crippen molar-refractivity contribution in [1.29, 1.82) is 0 Å². The molecule has 0 amide bonds. The van der Waals surface area contributed by atoms with Crippen LogP contribution in [0.2, 0.25) is 5.15 Å². The molecule has 2 aliphatic rings. The molecule has 0 aliphatic carbocycles. The Labute approximate surface area is 451 Å². The number of rotatable bonds is 11. The summed E-state index contributed by atoms with van der Waals surface area (Å²) in [6.07, 6.45) is 7.90. The molecule has 13 nitrogen and oxygen atoms in total. The normalized spacial score (nSPS) is 13.4. The number of fused-ring (bicyclic) bond motifs is 2. The lowest BCUT2D eigenvalue weighted by Crippen LogP contribution is -2.36. The smallest absolute Gasteiger partial charge is 0.387 e. The van der Waals surface area contributed by atoms with Crippen LogP contribution in [0.1, 0.15) is 31.4 Å². The van der Waals surface area contributed by atoms with Gasteiger partial charge in [-0.05, 0) is 62.4 Å². The summed E-state index contributed by atoms with van der Waals surface area (Å²) < 4.78 is 100. The third kappa shape index (κ3) is 12.5. The molecule has 0 spiro atoms. The van der Waals surface area contributed by atoms with Crippen molar-refractivity contribution in [3.05, 3.63) is 161 Å². The second-order valence-corrected chi connectivity index (χ2v) is 18.5. The molecule has 3 aromatic carbocycles. The monoisotopic (exact) mass is 1090 g/mol. The van der Waals surface area contributed by atoms with E-state index in [0.717, 1.165) is 36.6 Å². The summed E-state index contributed by atoms with van der Waals surface area (Å²) in [4.78, 5) is 31.1. The second kappa shape index (κ2) is 24.9. The largest absolute Gasteiger partial charge is 0.435 e. The molecule has 6 aromatic heterocycles. The first-order chi connectivity index (χ1) is 37.8. The summed E-state index contributed by atoms with van der Waals surface area (Å²) in [6.45, 7) is 9.97. The summed E-state index contributed by atoms with van der Waals surface area (Å²) in [5.41, 5.74) is 7.92. The molecule has 0 bridgehead atoms. The highest BCUT2D eigenvalue weighted by Crippen LogP contribution is 2.42. The van der Waals surface area contributed by atoms with Gasteiger partial charge in [0.05, 0.1) is 123 Å². The molecule has 2 fully saturated rings. The number of alkyl halides is 2. The number of morpholine rings is 2. The van der Waals surface area contributed by atoms with Gasteiger partial charge in [-0.2, -0.15) is 8.78 Å². The van der Waals surface area contributed by atoms with Crippen LogP contribution in [0.3, 0.4) is 0 Å². The number of hydrogen-bond donors (Lipinski definition) is 2. The number of pyridine rings is 6. The molecular weight excluding hydrogens is 1030 g/mol. The summed E-state index contributed by atoms with van der Waals surface area (Å²) in [5, 5.41) is 7.10. The fourth-order valence-electron chi connectivity index (χ4n) is 9.01. The maximum Gasteiger partial charge on any atom is 0.387 e. The van der Waals surface area contributed by atoms with E-state index >= 15 is 4.39 Å². The number of aromatic nitrogens is 6. The topological polar surface area (TPSA) is 136 Å². The molecule has 9 aromatic rings. The van der Waals surface area contributed by atoms with Crippen molar-refractivity contribution in [2.75, 3.05) is 73.0 Å². The van der Waals surface area contributed by atoms with Crippen LogP contribution in [0.25, 0.3) is 55.8 Å². The molecule has 2 N–H and O–H groups in total. The van der Waals surface area contributed by atoms with Crippen LogP contribution in [0.15, 0.2) is 122 Å². The number of ether oxygens (including phenoxy) is 3. The molecule has 0 saturated carbocycles. The van der Waals surface area contributed by atoms with E-state index in [1.807, 2.05) is 25.1 Å². The summed E-state index contributed by atoms with van der Waals surface area (Å²) in [7, 11) is 0. The van der Waals surface area contributed by atoms with Gasteiger partial charge in [0.15, 0.2) is 5.15 Å². The second-order valence-electron chi connectivity index (χ2n) is 18.1. The average molecular weight is 1090 g/mol. The highest BCUT2D eigenvalue weighted by Gasteiger charge is 2.24. The lowest BCUT2D eigenvalue weighted by atomic mass is 10.0. The van der Waals surface area contributed by atoms with Crippen LogP contribution >= 0.6 is 11.6 Å². The van der Waals surface area contributed by atoms with Crippen LogP contribution < -0.4 is 25.2 Å². The first-order valence-corrected chi connectivity index (χ1v) is 25.5. The molecule has 0 radical (unpaired) electrons. The van der Waals surface area contributed by atoms with Gasteiger partial charge in [-0.3, -0.25) is 15.0 Å². The minimum Gasteiger partial charge on any atom is -0.435 e. The third-order valence-corrected chi connectivity index (χ3v) is 12.9. The fourth-order valence-corrected chi connectivity index (χ4v) is 9.16. The molecule has 11 rings (SSSR count). The summed E-state index contributed by atoms with van der Waals surface area (Å²) >= 11 is 6.41. The Morgan fingerprint density at radius 2 is 1.08 bits per heavy atom. The first kappa shape index (κ1) is 54.7. The lowest BCUT2D eigenvalue weighted by molar-refractivity contribution is -0.0498. The Balaban J connectivity index is 0.000000185. The zero-order valence-electron chi connectivity index (χ0n) is 42.9. The molecule has 0 atom stereocenters. The average Bonchev–Trinajstić information content (AvgIpc) is 3.63. The predicted octanol–water partition coefficient (Wildman–Crippen LogP) is 14.1. The highest BCUT2D eigenvalue weighted by molar-refractivity contribution is 6.32. The third-order valence-electron chi connectivity index (χ3n) is 12.6. The molecule has 78 heavy (non-hydrogen) atoms. The van der Waals surface area contributed by atoms with Gasteiger partial charge in [0.1, 0.15) is 29.0 Å². The van der Waals surface area contributed by atoms with Crippen LogP contribution in [0, 0.1) is 37.1 Å². The van der Waals surface area contributed by atoms with E-state index < -0.39 is 29.9 Å². The Kier molecular flexibility index (Phi) is 17.4. The summed E-state index contributed by atoms with van der Waals surface area (Å²) in [6, 6.07) is 24.7. The van der Waals surface area contributed by atoms with Gasteiger partial charge in [0, 0.05) is 79.5 Å². The Bertz CT molecular complexity index is 3560. The van der Waals surface area contributed by atoms with Gasteiger partial charge in [-0.25, -0.2) is 32.5 Å². The fraction of sp³-hybridized carbons (Fsp3) is 0.241. The van der Waals surface area contributed by atoms with Crippen molar-refractivity contribution in [1.82, 2.24) is 29.9 Å². The molecule has 0 unspecified atom stereocenters. The van der Waals surface area contributed by atoms with E-state index in [2.05, 4.69) is 63.9 Å². The Hall–Kier alpha value is -8.13. The first-order valence-electron chi connectivity index (χ1n) is 25.1. The quantitative estimate of drug-likeness (QED) is 0.0940. The van der Waals surface area contributed by atoms with Crippen molar-refractivity contribution in [2.45, 2.75) is 40.7 Å². The number of nitrogens with zero attached hydrogens (tertiary/aromatic N) is 8. The predicted molar refractivity (Wildman–Crippen MR) is 293 cm³/mol. The SMILES string of the molecule is CCC.Cc1c(-c2ccccn2)nc2cc(F)cc(F)c2c1Nc1cc(N2CCOCC2)cnc1-c1cccc(OC(F)F)c1.Cc1c(-c2ccccn2)nc2cc(F)cc(F)c2c1Nc1cc(N2CCOCC2)cnc1Cl. The zero-order chi connectivity index (χ0) is 54.9. The van der Waals surface area contributed by atoms with E-state index in [4.69, 9.17) is 26.1 Å². The zero-order valence-corrected chi connectivity index (χ0v) is 43.7. The van der Waals surface area contributed by atoms with Crippen LogP contribution in [-0.2, 0) is 9.47 Å². The van der Waals surface area contributed by atoms with Gasteiger partial charge in [0.2, 0.25) is 0 Å². The Morgan fingerprint density at radius 1 is 0.590 bits per heavy atom. The van der Waals surface area contributed by atoms with Gasteiger partial charge in [0.25, 0.3) is 0 Å². The molecule has 20 heteroatoms. The Morgan fingerprint density at radius 3 is 1.56 bits per heavy atom. The van der Waals surface area contributed by atoms with Crippen molar-refractivity contribution in [3.8, 4) is 39.8 Å². The van der Waals surface area contributed by atoms with E-state index in [-0.39, 0.29) is 32.7 Å². The number of benzene rings is 3. The van der Waals surface area contributed by atoms with Gasteiger partial charge in [-0.15, -0.1) is 0 Å². The standard InChI is InChI=1S/C31H25F4N5O2.C24H20ClF2N5O.C3H8/c1-18-28(24-7-2-3-8-36-24)38-25-15-20(32)14-23(33)27(25)29(18)39-26-16-21(40-9-11-41-12-10-40)17-37-30(26)19-5-4-6-22(13-19)42-31(34)35;1-14-22(18-4-2-3-5-28-18)30-19-11-15(26)10-17(27)21(19)23(14)31-20-12-16(13-29-24(20)25)32-6-8-33-9-7-32;1-3-2/h2-8,13-17,31H,9-12H2,1H3,(H,38,39);2-5,10-13H,6-9H2,1H3,(H,30,31);3H2,1-2H3. The number of nitrogens with one attached hydrogen (secondary N) is 2. The maximum absolute atomic E-state index is 15.4. The summed E-state index contributed by atoms with van der Waals surface area (Å²) in [5.74, 6) is -3.01. The van der Waals surface area contributed by atoms with Crippen LogP contribution in [0.4, 0.5) is 60.5 Å². The van der Waals surface area contributed by atoms with Crippen LogP contribution in [0.5, 0.6) is 5.75 Å². The molecular formula is C58H53ClF6N10O3. The van der Waals surface area contributed by atoms with E-state index in [0.29, 0.717) is 107 Å². The molecule has 2 saturated heterocycles. The van der Waals surface area contributed by atoms with Crippen molar-refractivity contribution < 1.29 is 40.6 Å². The van der Waals surface area contributed by atoms with Crippen molar-refractivity contribution >= 4 is 67.5 Å². The maximum atomic E-state index is 15.4. The van der Waals surface area contributed by atoms with Gasteiger partial charge >= 0.3 is 6.61 Å². The van der Waals surface area contributed by atoms with E-state index in [1.165, 1.54) is 30.7 Å². The van der Waals surface area contributed by atoms with Gasteiger partial charge in [-0.1, -0.05) is 56.1 Å². The highest BCUT2D eigenvalue weighted by atomic mass is 35.5. The molecule has 2 aliphatic heterocycles. The van der Waals surface area contributed by atoms with Crippen LogP contribution in [-0.4, -0.2) is 89.1 Å². The molecule has 8 heterocycles. The van der Waals surface area contributed by atoms with Gasteiger partial charge < -0.3 is 34.6 Å². The number of anilines is 6. The number of hydrogen-bond acceptors (Lipinski definition) is 13.